The number of nitrogens with zero attached hydrogens (tertiary/aromatic N) is 1. The highest BCUT2D eigenvalue weighted by molar-refractivity contribution is 6.31. The Hall–Kier alpha value is -0.770. The lowest BCUT2D eigenvalue weighted by Crippen LogP contribution is -2.43. The van der Waals surface area contributed by atoms with Crippen LogP contribution in [0, 0.1) is 0 Å². The van der Waals surface area contributed by atoms with Crippen molar-refractivity contribution in [2.75, 3.05) is 18.0 Å². The lowest BCUT2D eigenvalue weighted by molar-refractivity contribution is 0.0351. The Balaban J connectivity index is 2.18. The zero-order valence-electron chi connectivity index (χ0n) is 13.5. The van der Waals surface area contributed by atoms with E-state index in [0.29, 0.717) is 0 Å². The summed E-state index contributed by atoms with van der Waals surface area (Å²) in [5.74, 6) is 0. The van der Waals surface area contributed by atoms with Crippen LogP contribution in [-0.2, 0) is 6.54 Å². The van der Waals surface area contributed by atoms with E-state index < -0.39 is 5.60 Å². The van der Waals surface area contributed by atoms with Crippen LogP contribution < -0.4 is 10.2 Å². The Morgan fingerprint density at radius 3 is 2.48 bits per heavy atom. The van der Waals surface area contributed by atoms with Gasteiger partial charge in [-0.2, -0.15) is 0 Å². The predicted octanol–water partition coefficient (Wildman–Crippen LogP) is 3.58. The number of hydrogen-bond acceptors (Lipinski definition) is 3. The van der Waals surface area contributed by atoms with Gasteiger partial charge in [-0.25, -0.2) is 0 Å². The second kappa shape index (κ2) is 6.15. The molecule has 4 heteroatoms. The van der Waals surface area contributed by atoms with Crippen LogP contribution in [0.5, 0.6) is 0 Å². The van der Waals surface area contributed by atoms with E-state index >= 15 is 0 Å². The van der Waals surface area contributed by atoms with Crippen LogP contribution in [0.25, 0.3) is 0 Å². The number of halogens is 1. The summed E-state index contributed by atoms with van der Waals surface area (Å²) in [6.07, 6.45) is 1.59. The van der Waals surface area contributed by atoms with E-state index in [1.165, 1.54) is 5.69 Å². The van der Waals surface area contributed by atoms with Gasteiger partial charge in [0.05, 0.1) is 5.60 Å². The first-order valence-corrected chi connectivity index (χ1v) is 8.05. The molecule has 0 saturated carbocycles. The van der Waals surface area contributed by atoms with E-state index in [9.17, 15) is 5.11 Å². The van der Waals surface area contributed by atoms with Gasteiger partial charge in [0.25, 0.3) is 0 Å². The van der Waals surface area contributed by atoms with Crippen LogP contribution in [0.4, 0.5) is 5.69 Å². The first kappa shape index (κ1) is 16.6. The maximum Gasteiger partial charge on any atom is 0.0653 e. The largest absolute Gasteiger partial charge is 0.390 e. The van der Waals surface area contributed by atoms with Crippen molar-refractivity contribution in [2.24, 2.45) is 0 Å². The molecule has 1 heterocycles. The molecule has 1 saturated heterocycles. The monoisotopic (exact) mass is 310 g/mol. The van der Waals surface area contributed by atoms with Gasteiger partial charge >= 0.3 is 0 Å². The number of nitrogens with one attached hydrogen (secondary N) is 1. The van der Waals surface area contributed by atoms with E-state index in [1.54, 1.807) is 0 Å². The number of benzene rings is 1. The molecular weight excluding hydrogens is 284 g/mol. The molecule has 1 aromatic rings. The van der Waals surface area contributed by atoms with Crippen molar-refractivity contribution in [1.82, 2.24) is 5.32 Å². The van der Waals surface area contributed by atoms with Crippen molar-refractivity contribution in [3.8, 4) is 0 Å². The van der Waals surface area contributed by atoms with E-state index in [0.717, 1.165) is 43.1 Å². The summed E-state index contributed by atoms with van der Waals surface area (Å²) in [6.45, 7) is 10.9. The Kier molecular flexibility index (Phi) is 4.86. The Morgan fingerprint density at radius 1 is 1.29 bits per heavy atom. The molecule has 0 radical (unpaired) electrons. The third-order valence-corrected chi connectivity index (χ3v) is 4.43. The van der Waals surface area contributed by atoms with Crippen LogP contribution in [0.3, 0.4) is 0 Å². The quantitative estimate of drug-likeness (QED) is 0.896. The summed E-state index contributed by atoms with van der Waals surface area (Å²) in [5.41, 5.74) is 1.87. The number of rotatable bonds is 3. The van der Waals surface area contributed by atoms with Gasteiger partial charge in [0.2, 0.25) is 0 Å². The average molecular weight is 311 g/mol. The second-order valence-electron chi connectivity index (χ2n) is 7.33. The van der Waals surface area contributed by atoms with Gasteiger partial charge < -0.3 is 15.3 Å². The van der Waals surface area contributed by atoms with E-state index in [2.05, 4.69) is 37.1 Å². The molecule has 0 amide bonds. The minimum absolute atomic E-state index is 0.0575. The molecule has 0 aliphatic carbocycles. The third-order valence-electron chi connectivity index (χ3n) is 4.07. The highest BCUT2D eigenvalue weighted by Crippen LogP contribution is 2.32. The fourth-order valence-electron chi connectivity index (χ4n) is 2.60. The van der Waals surface area contributed by atoms with Gasteiger partial charge in [0, 0.05) is 41.4 Å². The SMILES string of the molecule is CC1(O)CCN(c2cccc(Cl)c2CNC(C)(C)C)CC1. The minimum Gasteiger partial charge on any atom is -0.390 e. The van der Waals surface area contributed by atoms with Crippen LogP contribution in [0.2, 0.25) is 5.02 Å². The van der Waals surface area contributed by atoms with Gasteiger partial charge in [-0.1, -0.05) is 17.7 Å². The predicted molar refractivity (Wildman–Crippen MR) is 90.1 cm³/mol. The molecule has 0 atom stereocenters. The molecule has 0 spiro atoms. The summed E-state index contributed by atoms with van der Waals surface area (Å²) >= 11 is 6.42. The lowest BCUT2D eigenvalue weighted by Gasteiger charge is -2.38. The van der Waals surface area contributed by atoms with Gasteiger partial charge in [-0.15, -0.1) is 0 Å². The van der Waals surface area contributed by atoms with Crippen molar-refractivity contribution in [2.45, 2.75) is 58.2 Å². The van der Waals surface area contributed by atoms with Crippen LogP contribution in [-0.4, -0.2) is 29.3 Å². The topological polar surface area (TPSA) is 35.5 Å². The maximum absolute atomic E-state index is 10.1. The molecule has 21 heavy (non-hydrogen) atoms. The molecule has 1 aliphatic heterocycles. The Labute approximate surface area is 133 Å². The minimum atomic E-state index is -0.529. The second-order valence-corrected chi connectivity index (χ2v) is 7.73. The lowest BCUT2D eigenvalue weighted by atomic mass is 9.93. The Bertz CT molecular complexity index is 484. The fourth-order valence-corrected chi connectivity index (χ4v) is 2.84. The summed E-state index contributed by atoms with van der Waals surface area (Å²) in [7, 11) is 0. The molecule has 3 nitrogen and oxygen atoms in total. The van der Waals surface area contributed by atoms with Gasteiger partial charge in [-0.3, -0.25) is 0 Å². The van der Waals surface area contributed by atoms with Crippen LogP contribution in [0.1, 0.15) is 46.1 Å². The van der Waals surface area contributed by atoms with Crippen LogP contribution in [0.15, 0.2) is 18.2 Å². The molecular formula is C17H27ClN2O. The number of anilines is 1. The van der Waals surface area contributed by atoms with Crippen molar-refractivity contribution in [3.63, 3.8) is 0 Å². The molecule has 2 rings (SSSR count). The zero-order valence-corrected chi connectivity index (χ0v) is 14.3. The zero-order chi connectivity index (χ0) is 15.7. The average Bonchev–Trinajstić information content (AvgIpc) is 2.36. The highest BCUT2D eigenvalue weighted by atomic mass is 35.5. The first-order valence-electron chi connectivity index (χ1n) is 7.68. The molecule has 1 aliphatic rings. The standard InChI is InChI=1S/C17H27ClN2O/c1-16(2,3)19-12-13-14(18)6-5-7-15(13)20-10-8-17(4,21)9-11-20/h5-7,19,21H,8-12H2,1-4H3. The van der Waals surface area contributed by atoms with Gasteiger partial charge in [0.15, 0.2) is 0 Å². The van der Waals surface area contributed by atoms with Crippen LogP contribution >= 0.6 is 11.6 Å². The summed E-state index contributed by atoms with van der Waals surface area (Å²) < 4.78 is 0. The molecule has 0 aromatic heterocycles. The molecule has 0 bridgehead atoms. The highest BCUT2D eigenvalue weighted by Gasteiger charge is 2.28. The molecule has 0 unspecified atom stereocenters. The van der Waals surface area contributed by atoms with Gasteiger partial charge in [0.1, 0.15) is 0 Å². The summed E-state index contributed by atoms with van der Waals surface area (Å²) in [6, 6.07) is 6.08. The van der Waals surface area contributed by atoms with Crippen molar-refractivity contribution in [3.05, 3.63) is 28.8 Å². The summed E-state index contributed by atoms with van der Waals surface area (Å²) in [4.78, 5) is 2.34. The number of piperidine rings is 1. The number of hydrogen-bond donors (Lipinski definition) is 2. The summed E-state index contributed by atoms with van der Waals surface area (Å²) in [5, 5.41) is 14.4. The Morgan fingerprint density at radius 2 is 1.90 bits per heavy atom. The van der Waals surface area contributed by atoms with E-state index in [1.807, 2.05) is 19.1 Å². The number of aliphatic hydroxyl groups is 1. The van der Waals surface area contributed by atoms with E-state index in [-0.39, 0.29) is 5.54 Å². The normalized spacial score (nSPS) is 18.9. The van der Waals surface area contributed by atoms with Crippen molar-refractivity contribution in [1.29, 1.82) is 0 Å². The van der Waals surface area contributed by atoms with E-state index in [4.69, 9.17) is 11.6 Å². The van der Waals surface area contributed by atoms with Gasteiger partial charge in [-0.05, 0) is 52.7 Å². The van der Waals surface area contributed by atoms with Crippen molar-refractivity contribution >= 4 is 17.3 Å². The molecule has 118 valence electrons. The molecule has 1 fully saturated rings. The maximum atomic E-state index is 10.1. The first-order chi connectivity index (χ1) is 9.68. The molecule has 2 N–H and O–H groups in total. The molecule has 1 aromatic carbocycles. The third kappa shape index (κ3) is 4.60. The smallest absolute Gasteiger partial charge is 0.0653 e. The van der Waals surface area contributed by atoms with Crippen molar-refractivity contribution < 1.29 is 5.11 Å². The fraction of sp³-hybridized carbons (Fsp3) is 0.647.